The van der Waals surface area contributed by atoms with Gasteiger partial charge in [-0.2, -0.15) is 13.2 Å². The molecule has 25 heavy (non-hydrogen) atoms. The molecule has 2 aromatic heterocycles. The lowest BCUT2D eigenvalue weighted by molar-refractivity contribution is -0.141. The Morgan fingerprint density at radius 3 is 2.68 bits per heavy atom. The van der Waals surface area contributed by atoms with Crippen molar-refractivity contribution in [3.8, 4) is 11.4 Å². The largest absolute Gasteiger partial charge is 0.433 e. The molecule has 0 radical (unpaired) electrons. The van der Waals surface area contributed by atoms with Gasteiger partial charge in [0.2, 0.25) is 0 Å². The normalized spacial score (nSPS) is 19.0. The van der Waals surface area contributed by atoms with E-state index >= 15 is 0 Å². The van der Waals surface area contributed by atoms with Crippen molar-refractivity contribution < 1.29 is 13.2 Å². The van der Waals surface area contributed by atoms with Crippen LogP contribution in [0.5, 0.6) is 0 Å². The van der Waals surface area contributed by atoms with Crippen LogP contribution in [0.3, 0.4) is 0 Å². The average molecular weight is 351 g/mol. The molecule has 0 aromatic carbocycles. The van der Waals surface area contributed by atoms with E-state index in [1.54, 1.807) is 12.1 Å². The van der Waals surface area contributed by atoms with Crippen LogP contribution in [-0.4, -0.2) is 46.5 Å². The third-order valence-electron chi connectivity index (χ3n) is 4.25. The van der Waals surface area contributed by atoms with Gasteiger partial charge in [0.25, 0.3) is 0 Å². The van der Waals surface area contributed by atoms with Gasteiger partial charge < -0.3 is 10.2 Å². The molecule has 3 rings (SSSR count). The van der Waals surface area contributed by atoms with Gasteiger partial charge in [0.05, 0.1) is 0 Å². The van der Waals surface area contributed by atoms with Crippen LogP contribution in [0.15, 0.2) is 30.6 Å². The van der Waals surface area contributed by atoms with Crippen LogP contribution in [0.25, 0.3) is 11.4 Å². The second-order valence-electron chi connectivity index (χ2n) is 6.35. The summed E-state index contributed by atoms with van der Waals surface area (Å²) in [6.45, 7) is 2.59. The molecule has 1 saturated heterocycles. The fourth-order valence-electron chi connectivity index (χ4n) is 3.00. The molecule has 1 fully saturated rings. The molecule has 8 heteroatoms. The molecule has 2 aromatic rings. The Bertz CT molecular complexity index is 705. The van der Waals surface area contributed by atoms with Gasteiger partial charge in [0.1, 0.15) is 5.82 Å². The van der Waals surface area contributed by atoms with E-state index in [0.29, 0.717) is 18.0 Å². The maximum atomic E-state index is 13.2. The van der Waals surface area contributed by atoms with Crippen molar-refractivity contribution in [1.29, 1.82) is 0 Å². The van der Waals surface area contributed by atoms with Gasteiger partial charge >= 0.3 is 6.18 Å². The molecule has 0 saturated carbocycles. The van der Waals surface area contributed by atoms with Crippen LogP contribution in [0.2, 0.25) is 0 Å². The highest BCUT2D eigenvalue weighted by Gasteiger charge is 2.34. The molecule has 1 aliphatic rings. The third kappa shape index (κ3) is 4.66. The summed E-state index contributed by atoms with van der Waals surface area (Å²) >= 11 is 0. The number of halogens is 3. The van der Waals surface area contributed by atoms with Crippen molar-refractivity contribution in [2.75, 3.05) is 32.0 Å². The first-order chi connectivity index (χ1) is 11.9. The standard InChI is InChI=1S/C17H20F3N5/c1-25-8-2-3-12(11-25)10-22-15-9-14(17(18,19)20)23-16(24-15)13-4-6-21-7-5-13/h4-7,9,12H,2-3,8,10-11H2,1H3,(H,22,23,24). The first-order valence-corrected chi connectivity index (χ1v) is 8.21. The van der Waals surface area contributed by atoms with Crippen LogP contribution in [0, 0.1) is 5.92 Å². The molecule has 3 heterocycles. The van der Waals surface area contributed by atoms with Crippen molar-refractivity contribution in [3.05, 3.63) is 36.3 Å². The number of alkyl halides is 3. The number of piperidine rings is 1. The number of likely N-dealkylation sites (tertiary alicyclic amines) is 1. The van der Waals surface area contributed by atoms with E-state index < -0.39 is 11.9 Å². The van der Waals surface area contributed by atoms with Crippen molar-refractivity contribution in [2.24, 2.45) is 5.92 Å². The number of nitrogens with zero attached hydrogens (tertiary/aromatic N) is 4. The van der Waals surface area contributed by atoms with Crippen molar-refractivity contribution in [1.82, 2.24) is 19.9 Å². The minimum Gasteiger partial charge on any atom is -0.370 e. The molecule has 0 spiro atoms. The zero-order valence-corrected chi connectivity index (χ0v) is 13.9. The van der Waals surface area contributed by atoms with E-state index in [1.807, 2.05) is 0 Å². The zero-order valence-electron chi connectivity index (χ0n) is 13.9. The summed E-state index contributed by atoms with van der Waals surface area (Å²) in [7, 11) is 2.06. The van der Waals surface area contributed by atoms with E-state index in [0.717, 1.165) is 32.0 Å². The van der Waals surface area contributed by atoms with Gasteiger partial charge in [-0.05, 0) is 44.5 Å². The average Bonchev–Trinajstić information content (AvgIpc) is 2.60. The number of hydrogen-bond donors (Lipinski definition) is 1. The first kappa shape index (κ1) is 17.6. The highest BCUT2D eigenvalue weighted by molar-refractivity contribution is 5.57. The number of hydrogen-bond acceptors (Lipinski definition) is 5. The lowest BCUT2D eigenvalue weighted by atomic mass is 9.98. The minimum atomic E-state index is -4.52. The van der Waals surface area contributed by atoms with Gasteiger partial charge in [-0.1, -0.05) is 0 Å². The highest BCUT2D eigenvalue weighted by Crippen LogP contribution is 2.30. The topological polar surface area (TPSA) is 53.9 Å². The Morgan fingerprint density at radius 2 is 2.00 bits per heavy atom. The minimum absolute atomic E-state index is 0.0421. The first-order valence-electron chi connectivity index (χ1n) is 8.21. The molecule has 134 valence electrons. The Kier molecular flexibility index (Phi) is 5.17. The maximum absolute atomic E-state index is 13.2. The van der Waals surface area contributed by atoms with Crippen molar-refractivity contribution in [3.63, 3.8) is 0 Å². The monoisotopic (exact) mass is 351 g/mol. The molecular formula is C17H20F3N5. The number of nitrogens with one attached hydrogen (secondary N) is 1. The zero-order chi connectivity index (χ0) is 17.9. The maximum Gasteiger partial charge on any atom is 0.433 e. The molecule has 0 aliphatic carbocycles. The lowest BCUT2D eigenvalue weighted by Crippen LogP contribution is -2.35. The summed E-state index contributed by atoms with van der Waals surface area (Å²) in [4.78, 5) is 14.0. The number of pyridine rings is 1. The van der Waals surface area contributed by atoms with E-state index in [4.69, 9.17) is 0 Å². The van der Waals surface area contributed by atoms with Gasteiger partial charge in [0, 0.05) is 37.1 Å². The van der Waals surface area contributed by atoms with E-state index in [1.165, 1.54) is 12.4 Å². The van der Waals surface area contributed by atoms with Crippen LogP contribution in [-0.2, 0) is 6.18 Å². The Hall–Kier alpha value is -2.22. The second kappa shape index (κ2) is 7.35. The lowest BCUT2D eigenvalue weighted by Gasteiger charge is -2.29. The van der Waals surface area contributed by atoms with Crippen LogP contribution in [0.1, 0.15) is 18.5 Å². The van der Waals surface area contributed by atoms with Crippen molar-refractivity contribution >= 4 is 5.82 Å². The molecular weight excluding hydrogens is 331 g/mol. The smallest absolute Gasteiger partial charge is 0.370 e. The van der Waals surface area contributed by atoms with Gasteiger partial charge in [-0.25, -0.2) is 9.97 Å². The summed E-state index contributed by atoms with van der Waals surface area (Å²) in [6.07, 6.45) is 0.647. The third-order valence-corrected chi connectivity index (χ3v) is 4.25. The van der Waals surface area contributed by atoms with E-state index in [2.05, 4.69) is 32.2 Å². The van der Waals surface area contributed by atoms with Gasteiger partial charge in [-0.15, -0.1) is 0 Å². The van der Waals surface area contributed by atoms with Crippen LogP contribution in [0.4, 0.5) is 19.0 Å². The molecule has 1 unspecified atom stereocenters. The number of rotatable bonds is 4. The van der Waals surface area contributed by atoms with Crippen LogP contribution < -0.4 is 5.32 Å². The van der Waals surface area contributed by atoms with Crippen LogP contribution >= 0.6 is 0 Å². The number of anilines is 1. The SMILES string of the molecule is CN1CCCC(CNc2cc(C(F)(F)F)nc(-c3ccncc3)n2)C1. The molecule has 1 aliphatic heterocycles. The Balaban J connectivity index is 1.82. The summed E-state index contributed by atoms with van der Waals surface area (Å²) < 4.78 is 39.5. The molecule has 0 amide bonds. The molecule has 1 atom stereocenters. The fraction of sp³-hybridized carbons (Fsp3) is 0.471. The molecule has 0 bridgehead atoms. The fourth-order valence-corrected chi connectivity index (χ4v) is 3.00. The highest BCUT2D eigenvalue weighted by atomic mass is 19.4. The summed E-state index contributed by atoms with van der Waals surface area (Å²) in [5, 5.41) is 3.06. The molecule has 5 nitrogen and oxygen atoms in total. The summed E-state index contributed by atoms with van der Waals surface area (Å²) in [5.41, 5.74) is -0.445. The second-order valence-corrected chi connectivity index (χ2v) is 6.35. The van der Waals surface area contributed by atoms with Gasteiger partial charge in [0.15, 0.2) is 11.5 Å². The summed E-state index contributed by atoms with van der Waals surface area (Å²) in [5.74, 6) is 0.635. The van der Waals surface area contributed by atoms with Crippen molar-refractivity contribution in [2.45, 2.75) is 19.0 Å². The molecule has 1 N–H and O–H groups in total. The van der Waals surface area contributed by atoms with Gasteiger partial charge in [-0.3, -0.25) is 4.98 Å². The summed E-state index contributed by atoms with van der Waals surface area (Å²) in [6, 6.07) is 4.15. The Labute approximate surface area is 144 Å². The van der Waals surface area contributed by atoms with E-state index in [-0.39, 0.29) is 11.6 Å². The predicted molar refractivity (Wildman–Crippen MR) is 89.0 cm³/mol. The number of aromatic nitrogens is 3. The van der Waals surface area contributed by atoms with E-state index in [9.17, 15) is 13.2 Å². The predicted octanol–water partition coefficient (Wildman–Crippen LogP) is 3.31. The Morgan fingerprint density at radius 1 is 1.24 bits per heavy atom. The quantitative estimate of drug-likeness (QED) is 0.916.